The Balaban J connectivity index is 1.73. The maximum absolute atomic E-state index is 13.8. The summed E-state index contributed by atoms with van der Waals surface area (Å²) in [6, 6.07) is 11.0. The fourth-order valence-corrected chi connectivity index (χ4v) is 3.31. The lowest BCUT2D eigenvalue weighted by molar-refractivity contribution is 0.417. The molecule has 0 saturated heterocycles. The molecule has 24 heavy (non-hydrogen) atoms. The first-order valence-corrected chi connectivity index (χ1v) is 8.46. The predicted molar refractivity (Wildman–Crippen MR) is 89.2 cm³/mol. The zero-order valence-electron chi connectivity index (χ0n) is 12.7. The monoisotopic (exact) mass is 366 g/mol. The molecule has 0 fully saturated rings. The summed E-state index contributed by atoms with van der Waals surface area (Å²) in [5.41, 5.74) is 0.862. The first-order chi connectivity index (χ1) is 11.5. The molecule has 3 rings (SSSR count). The number of halogens is 3. The smallest absolute Gasteiger partial charge is 0.277 e. The van der Waals surface area contributed by atoms with Gasteiger partial charge < -0.3 is 4.42 Å². The van der Waals surface area contributed by atoms with Gasteiger partial charge in [0.15, 0.2) is 0 Å². The molecule has 0 aliphatic heterocycles. The van der Waals surface area contributed by atoms with Crippen LogP contribution in [0.15, 0.2) is 52.1 Å². The van der Waals surface area contributed by atoms with Crippen LogP contribution in [0.4, 0.5) is 8.78 Å². The first-order valence-electron chi connectivity index (χ1n) is 7.21. The van der Waals surface area contributed by atoms with Gasteiger partial charge in [0.2, 0.25) is 5.89 Å². The summed E-state index contributed by atoms with van der Waals surface area (Å²) >= 11 is 7.23. The van der Waals surface area contributed by atoms with Crippen molar-refractivity contribution in [1.29, 1.82) is 0 Å². The van der Waals surface area contributed by atoms with Gasteiger partial charge in [0.05, 0.1) is 6.42 Å². The van der Waals surface area contributed by atoms with E-state index in [0.29, 0.717) is 21.4 Å². The molecular formula is C17H13ClF2N2OS. The van der Waals surface area contributed by atoms with E-state index in [2.05, 4.69) is 10.2 Å². The van der Waals surface area contributed by atoms with Gasteiger partial charge in [-0.15, -0.1) is 10.2 Å². The van der Waals surface area contributed by atoms with E-state index < -0.39 is 5.82 Å². The molecule has 3 aromatic rings. The highest BCUT2D eigenvalue weighted by Crippen LogP contribution is 2.35. The highest BCUT2D eigenvalue weighted by atomic mass is 35.5. The van der Waals surface area contributed by atoms with E-state index in [-0.39, 0.29) is 23.4 Å². The second-order valence-corrected chi connectivity index (χ2v) is 6.82. The second-order valence-electron chi connectivity index (χ2n) is 5.12. The Morgan fingerprint density at radius 1 is 1.08 bits per heavy atom. The summed E-state index contributed by atoms with van der Waals surface area (Å²) in [5.74, 6) is -0.449. The first kappa shape index (κ1) is 16.9. The van der Waals surface area contributed by atoms with E-state index in [1.807, 2.05) is 6.92 Å². The van der Waals surface area contributed by atoms with Crippen LogP contribution in [0.1, 0.15) is 29.2 Å². The van der Waals surface area contributed by atoms with Gasteiger partial charge in [-0.1, -0.05) is 47.6 Å². The van der Waals surface area contributed by atoms with Crippen molar-refractivity contribution in [3.05, 3.63) is 76.1 Å². The topological polar surface area (TPSA) is 38.9 Å². The third-order valence-electron chi connectivity index (χ3n) is 3.46. The van der Waals surface area contributed by atoms with Gasteiger partial charge in [0.1, 0.15) is 11.6 Å². The van der Waals surface area contributed by atoms with Crippen molar-refractivity contribution >= 4 is 23.4 Å². The molecule has 0 saturated carbocycles. The van der Waals surface area contributed by atoms with Crippen LogP contribution >= 0.6 is 23.4 Å². The standard InChI is InChI=1S/C17H13ClF2N2OS/c1-10(11-5-2-3-7-14(11)19)24-17-22-21-16(23-17)9-12-13(18)6-4-8-15(12)20/h2-8,10H,9H2,1H3. The summed E-state index contributed by atoms with van der Waals surface area (Å²) in [6.45, 7) is 1.85. The molecular weight excluding hydrogens is 354 g/mol. The van der Waals surface area contributed by atoms with Crippen LogP contribution in [0.25, 0.3) is 0 Å². The third-order valence-corrected chi connectivity index (χ3v) is 4.79. The Kier molecular flexibility index (Phi) is 5.16. The minimum atomic E-state index is -0.422. The van der Waals surface area contributed by atoms with Crippen molar-refractivity contribution in [2.45, 2.75) is 23.8 Å². The van der Waals surface area contributed by atoms with Crippen LogP contribution in [-0.2, 0) is 6.42 Å². The van der Waals surface area contributed by atoms with Gasteiger partial charge in [0.25, 0.3) is 5.22 Å². The molecule has 1 heterocycles. The Bertz CT molecular complexity index is 836. The van der Waals surface area contributed by atoms with Gasteiger partial charge >= 0.3 is 0 Å². The van der Waals surface area contributed by atoms with Gasteiger partial charge in [-0.25, -0.2) is 8.78 Å². The van der Waals surface area contributed by atoms with Gasteiger partial charge in [-0.3, -0.25) is 0 Å². The minimum absolute atomic E-state index is 0.104. The molecule has 0 N–H and O–H groups in total. The number of hydrogen-bond donors (Lipinski definition) is 0. The van der Waals surface area contributed by atoms with Crippen LogP contribution < -0.4 is 0 Å². The van der Waals surface area contributed by atoms with E-state index in [4.69, 9.17) is 16.0 Å². The molecule has 2 aromatic carbocycles. The molecule has 0 aliphatic carbocycles. The fourth-order valence-electron chi connectivity index (χ4n) is 2.23. The van der Waals surface area contributed by atoms with E-state index in [0.717, 1.165) is 0 Å². The Hall–Kier alpha value is -1.92. The second kappa shape index (κ2) is 7.32. The molecule has 124 valence electrons. The number of thioether (sulfide) groups is 1. The molecule has 7 heteroatoms. The maximum Gasteiger partial charge on any atom is 0.277 e. The number of nitrogens with zero attached hydrogens (tertiary/aromatic N) is 2. The van der Waals surface area contributed by atoms with Crippen molar-refractivity contribution in [2.24, 2.45) is 0 Å². The van der Waals surface area contributed by atoms with Crippen LogP contribution in [0, 0.1) is 11.6 Å². The Morgan fingerprint density at radius 3 is 2.58 bits per heavy atom. The summed E-state index contributed by atoms with van der Waals surface area (Å²) in [4.78, 5) is 0. The lowest BCUT2D eigenvalue weighted by Gasteiger charge is -2.09. The highest BCUT2D eigenvalue weighted by molar-refractivity contribution is 7.99. The zero-order valence-corrected chi connectivity index (χ0v) is 14.2. The van der Waals surface area contributed by atoms with Crippen LogP contribution in [0.5, 0.6) is 0 Å². The van der Waals surface area contributed by atoms with Crippen molar-refractivity contribution < 1.29 is 13.2 Å². The van der Waals surface area contributed by atoms with E-state index in [9.17, 15) is 8.78 Å². The van der Waals surface area contributed by atoms with Crippen LogP contribution in [0.3, 0.4) is 0 Å². The average molecular weight is 367 g/mol. The molecule has 1 atom stereocenters. The van der Waals surface area contributed by atoms with Crippen molar-refractivity contribution in [3.63, 3.8) is 0 Å². The Labute approximate surface area is 147 Å². The number of aromatic nitrogens is 2. The van der Waals surface area contributed by atoms with Gasteiger partial charge in [0, 0.05) is 21.4 Å². The SMILES string of the molecule is CC(Sc1nnc(Cc2c(F)cccc2Cl)o1)c1ccccc1F. The summed E-state index contributed by atoms with van der Waals surface area (Å²) < 4.78 is 33.1. The number of benzene rings is 2. The summed E-state index contributed by atoms with van der Waals surface area (Å²) in [6.07, 6.45) is 0.104. The zero-order chi connectivity index (χ0) is 17.1. The molecule has 1 unspecified atom stereocenters. The van der Waals surface area contributed by atoms with E-state index in [1.165, 1.54) is 30.0 Å². The molecule has 0 bridgehead atoms. The van der Waals surface area contributed by atoms with Crippen LogP contribution in [0.2, 0.25) is 5.02 Å². The predicted octanol–water partition coefficient (Wildman–Crippen LogP) is 5.45. The third kappa shape index (κ3) is 3.76. The van der Waals surface area contributed by atoms with Crippen LogP contribution in [-0.4, -0.2) is 10.2 Å². The molecule has 0 spiro atoms. The summed E-state index contributed by atoms with van der Waals surface area (Å²) in [7, 11) is 0. The fraction of sp³-hybridized carbons (Fsp3) is 0.176. The minimum Gasteiger partial charge on any atom is -0.416 e. The molecule has 1 aromatic heterocycles. The maximum atomic E-state index is 13.8. The molecule has 0 aliphatic rings. The molecule has 0 radical (unpaired) electrons. The Morgan fingerprint density at radius 2 is 1.83 bits per heavy atom. The van der Waals surface area contributed by atoms with E-state index in [1.54, 1.807) is 24.3 Å². The molecule has 3 nitrogen and oxygen atoms in total. The number of hydrogen-bond acceptors (Lipinski definition) is 4. The lowest BCUT2D eigenvalue weighted by Crippen LogP contribution is -1.94. The normalized spacial score (nSPS) is 12.3. The lowest BCUT2D eigenvalue weighted by atomic mass is 10.1. The van der Waals surface area contributed by atoms with Gasteiger partial charge in [-0.2, -0.15) is 0 Å². The number of rotatable bonds is 5. The quantitative estimate of drug-likeness (QED) is 0.563. The van der Waals surface area contributed by atoms with Crippen molar-refractivity contribution in [3.8, 4) is 0 Å². The largest absolute Gasteiger partial charge is 0.416 e. The highest BCUT2D eigenvalue weighted by Gasteiger charge is 2.17. The molecule has 0 amide bonds. The van der Waals surface area contributed by atoms with Crippen molar-refractivity contribution in [1.82, 2.24) is 10.2 Å². The van der Waals surface area contributed by atoms with Crippen molar-refractivity contribution in [2.75, 3.05) is 0 Å². The average Bonchev–Trinajstić information content (AvgIpc) is 2.98. The summed E-state index contributed by atoms with van der Waals surface area (Å²) in [5, 5.41) is 8.24. The van der Waals surface area contributed by atoms with Gasteiger partial charge in [-0.05, 0) is 25.1 Å². The van der Waals surface area contributed by atoms with E-state index >= 15 is 0 Å².